The minimum atomic E-state index is -3.88. The second-order valence-corrected chi connectivity index (χ2v) is 9.72. The predicted octanol–water partition coefficient (Wildman–Crippen LogP) is 4.44. The number of ether oxygens (including phenoxy) is 3. The van der Waals surface area contributed by atoms with Gasteiger partial charge in [-0.25, -0.2) is 13.2 Å². The van der Waals surface area contributed by atoms with Crippen LogP contribution in [0.2, 0.25) is 0 Å². The molecule has 3 rings (SSSR count). The van der Waals surface area contributed by atoms with Crippen LogP contribution in [0.15, 0.2) is 64.3 Å². The summed E-state index contributed by atoms with van der Waals surface area (Å²) in [5.74, 6) is -0.632. The minimum absolute atomic E-state index is 0.0530. The molecule has 0 aliphatic rings. The van der Waals surface area contributed by atoms with Gasteiger partial charge in [-0.15, -0.1) is 0 Å². The zero-order chi connectivity index (χ0) is 25.4. The van der Waals surface area contributed by atoms with E-state index in [4.69, 9.17) is 18.6 Å². The first kappa shape index (κ1) is 26.3. The highest BCUT2D eigenvalue weighted by Crippen LogP contribution is 2.37. The summed E-state index contributed by atoms with van der Waals surface area (Å²) in [6.07, 6.45) is 3.02. The molecule has 1 heterocycles. The maximum absolute atomic E-state index is 13.5. The lowest BCUT2D eigenvalue weighted by Gasteiger charge is -2.19. The maximum Gasteiger partial charge on any atom is 0.341 e. The van der Waals surface area contributed by atoms with Crippen molar-refractivity contribution in [2.75, 3.05) is 40.5 Å². The van der Waals surface area contributed by atoms with Gasteiger partial charge in [0, 0.05) is 17.7 Å². The molecular formula is C26H31NO7S. The summed E-state index contributed by atoms with van der Waals surface area (Å²) in [6.45, 7) is 6.93. The van der Waals surface area contributed by atoms with Crippen molar-refractivity contribution in [3.8, 4) is 22.6 Å². The molecule has 0 aliphatic heterocycles. The second-order valence-electron chi connectivity index (χ2n) is 7.77. The number of para-hydroxylation sites is 1. The zero-order valence-corrected chi connectivity index (χ0v) is 21.3. The summed E-state index contributed by atoms with van der Waals surface area (Å²) in [5, 5.41) is 0. The Balaban J connectivity index is 1.97. The molecule has 188 valence electrons. The zero-order valence-electron chi connectivity index (χ0n) is 20.4. The number of furan rings is 1. The van der Waals surface area contributed by atoms with E-state index in [9.17, 15) is 13.2 Å². The van der Waals surface area contributed by atoms with Crippen LogP contribution < -0.4 is 9.47 Å². The van der Waals surface area contributed by atoms with Gasteiger partial charge >= 0.3 is 5.97 Å². The van der Waals surface area contributed by atoms with Crippen LogP contribution >= 0.6 is 0 Å². The number of hydrogen-bond acceptors (Lipinski definition) is 8. The van der Waals surface area contributed by atoms with Crippen molar-refractivity contribution >= 4 is 15.8 Å². The fourth-order valence-corrected chi connectivity index (χ4v) is 5.38. The molecule has 0 radical (unpaired) electrons. The van der Waals surface area contributed by atoms with Crippen molar-refractivity contribution in [3.63, 3.8) is 0 Å². The molecule has 9 heteroatoms. The second kappa shape index (κ2) is 11.9. The molecular weight excluding hydrogens is 470 g/mol. The largest absolute Gasteiger partial charge is 0.495 e. The van der Waals surface area contributed by atoms with E-state index in [2.05, 4.69) is 18.7 Å². The van der Waals surface area contributed by atoms with Gasteiger partial charge in [0.2, 0.25) is 0 Å². The Morgan fingerprint density at radius 1 is 1.03 bits per heavy atom. The lowest BCUT2D eigenvalue weighted by Crippen LogP contribution is -2.28. The summed E-state index contributed by atoms with van der Waals surface area (Å²) in [6, 6.07) is 11.5. The fraction of sp³-hybridized carbons (Fsp3) is 0.346. The van der Waals surface area contributed by atoms with E-state index >= 15 is 0 Å². The fourth-order valence-electron chi connectivity index (χ4n) is 3.86. The average molecular weight is 502 g/mol. The number of methoxy groups -OCH3 is 2. The van der Waals surface area contributed by atoms with E-state index in [1.54, 1.807) is 36.4 Å². The summed E-state index contributed by atoms with van der Waals surface area (Å²) >= 11 is 0. The molecule has 0 atom stereocenters. The van der Waals surface area contributed by atoms with Gasteiger partial charge in [-0.05, 0) is 36.9 Å². The van der Waals surface area contributed by atoms with Crippen molar-refractivity contribution in [2.24, 2.45) is 0 Å². The molecule has 0 saturated heterocycles. The van der Waals surface area contributed by atoms with E-state index in [-0.39, 0.29) is 27.5 Å². The van der Waals surface area contributed by atoms with E-state index in [1.165, 1.54) is 32.8 Å². The van der Waals surface area contributed by atoms with Gasteiger partial charge in [-0.3, -0.25) is 0 Å². The van der Waals surface area contributed by atoms with E-state index < -0.39 is 21.6 Å². The Bertz CT molecular complexity index is 1230. The van der Waals surface area contributed by atoms with Crippen LogP contribution in [0.4, 0.5) is 0 Å². The Morgan fingerprint density at radius 3 is 2.40 bits per heavy atom. The van der Waals surface area contributed by atoms with Crippen LogP contribution in [0.25, 0.3) is 11.1 Å². The first-order valence-corrected chi connectivity index (χ1v) is 13.0. The molecule has 35 heavy (non-hydrogen) atoms. The van der Waals surface area contributed by atoms with Gasteiger partial charge in [0.25, 0.3) is 0 Å². The number of likely N-dealkylation sites (N-methyl/N-ethyl adjacent to an activating group) is 1. The molecule has 0 saturated carbocycles. The lowest BCUT2D eigenvalue weighted by molar-refractivity contribution is 0.0596. The van der Waals surface area contributed by atoms with Gasteiger partial charge in [0.05, 0.1) is 32.5 Å². The van der Waals surface area contributed by atoms with Gasteiger partial charge < -0.3 is 23.5 Å². The van der Waals surface area contributed by atoms with E-state index in [0.29, 0.717) is 24.3 Å². The Kier molecular flexibility index (Phi) is 8.95. The summed E-state index contributed by atoms with van der Waals surface area (Å²) in [4.78, 5) is 15.0. The van der Waals surface area contributed by atoms with Crippen LogP contribution in [-0.2, 0) is 20.3 Å². The van der Waals surface area contributed by atoms with Crippen LogP contribution in [0.5, 0.6) is 11.5 Å². The van der Waals surface area contributed by atoms with Gasteiger partial charge in [0.1, 0.15) is 28.6 Å². The number of hydrogen-bond donors (Lipinski definition) is 0. The Hall–Kier alpha value is -3.30. The smallest absolute Gasteiger partial charge is 0.341 e. The third-order valence-corrected chi connectivity index (χ3v) is 7.46. The molecule has 1 aromatic heterocycles. The monoisotopic (exact) mass is 501 g/mol. The number of sulfone groups is 1. The van der Waals surface area contributed by atoms with Crippen molar-refractivity contribution < 1.29 is 31.8 Å². The first-order chi connectivity index (χ1) is 16.9. The molecule has 0 bridgehead atoms. The molecule has 8 nitrogen and oxygen atoms in total. The van der Waals surface area contributed by atoms with Gasteiger partial charge in [-0.2, -0.15) is 0 Å². The quantitative estimate of drug-likeness (QED) is 0.336. The third-order valence-electron chi connectivity index (χ3n) is 5.76. The maximum atomic E-state index is 13.5. The number of nitrogens with zero attached hydrogens (tertiary/aromatic N) is 1. The van der Waals surface area contributed by atoms with Crippen LogP contribution in [0, 0.1) is 0 Å². The average Bonchev–Trinajstić information content (AvgIpc) is 3.40. The van der Waals surface area contributed by atoms with Crippen LogP contribution in [0.1, 0.15) is 29.8 Å². The molecule has 3 aromatic rings. The third kappa shape index (κ3) is 6.04. The van der Waals surface area contributed by atoms with Crippen molar-refractivity contribution in [1.82, 2.24) is 4.90 Å². The predicted molar refractivity (Wildman–Crippen MR) is 133 cm³/mol. The highest BCUT2D eigenvalue weighted by atomic mass is 32.2. The van der Waals surface area contributed by atoms with Crippen molar-refractivity contribution in [3.05, 3.63) is 66.1 Å². The van der Waals surface area contributed by atoms with E-state index in [1.807, 2.05) is 0 Å². The molecule has 0 unspecified atom stereocenters. The van der Waals surface area contributed by atoms with Crippen molar-refractivity contribution in [2.45, 2.75) is 24.5 Å². The molecule has 0 fully saturated rings. The van der Waals surface area contributed by atoms with Crippen LogP contribution in [0.3, 0.4) is 0 Å². The van der Waals surface area contributed by atoms with Gasteiger partial charge in [0.15, 0.2) is 9.84 Å². The van der Waals surface area contributed by atoms with Crippen molar-refractivity contribution in [1.29, 1.82) is 0 Å². The normalized spacial score (nSPS) is 11.5. The van der Waals surface area contributed by atoms with Crippen LogP contribution in [-0.4, -0.2) is 59.7 Å². The number of carbonyl (C=O) groups is 1. The lowest BCUT2D eigenvalue weighted by atomic mass is 9.99. The first-order valence-electron chi connectivity index (χ1n) is 11.3. The van der Waals surface area contributed by atoms with E-state index in [0.717, 1.165) is 13.1 Å². The Labute approximate surface area is 206 Å². The minimum Gasteiger partial charge on any atom is -0.495 e. The molecule has 0 amide bonds. The highest BCUT2D eigenvalue weighted by molar-refractivity contribution is 7.90. The molecule has 2 aromatic carbocycles. The number of benzene rings is 2. The molecule has 0 spiro atoms. The number of rotatable bonds is 12. The number of carbonyl (C=O) groups excluding carboxylic acids is 1. The summed E-state index contributed by atoms with van der Waals surface area (Å²) in [7, 11) is -1.22. The number of esters is 1. The van der Waals surface area contributed by atoms with Gasteiger partial charge in [-0.1, -0.05) is 38.1 Å². The molecule has 0 N–H and O–H groups in total. The summed E-state index contributed by atoms with van der Waals surface area (Å²) < 4.78 is 48.5. The standard InChI is InChI=1S/C26H31NO7S/c1-5-27(6-2)14-16-34-22-9-7-8-10-23(22)35(29,30)18-20-11-12-21(19-13-15-33-17-19)25(31-3)24(20)26(28)32-4/h7-13,15,17H,5-6,14,16,18H2,1-4H3. The molecule has 0 aliphatic carbocycles. The Morgan fingerprint density at radius 2 is 1.77 bits per heavy atom. The summed E-state index contributed by atoms with van der Waals surface area (Å²) in [5.41, 5.74) is 1.59. The highest BCUT2D eigenvalue weighted by Gasteiger charge is 2.28. The topological polar surface area (TPSA) is 95.3 Å². The SMILES string of the molecule is CCN(CC)CCOc1ccccc1S(=O)(=O)Cc1ccc(-c2ccoc2)c(OC)c1C(=O)OC.